The lowest BCUT2D eigenvalue weighted by molar-refractivity contribution is -0.0217. The van der Waals surface area contributed by atoms with Crippen molar-refractivity contribution >= 4 is 11.8 Å². The molecule has 896 valence electrons. The molecule has 9 heteroatoms. The Bertz CT molecular complexity index is 3550. The van der Waals surface area contributed by atoms with Gasteiger partial charge in [0.2, 0.25) is 0 Å². The Morgan fingerprint density at radius 3 is 0.329 bits per heavy atom. The third kappa shape index (κ3) is 75.8. The highest BCUT2D eigenvalue weighted by atomic mass is 32.2. The van der Waals surface area contributed by atoms with E-state index in [1.54, 1.807) is 7.11 Å². The Labute approximate surface area is 944 Å². The molecule has 0 aromatic heterocycles. The molecule has 0 N–H and O–H groups in total. The maximum Gasteiger partial charge on any atom is 0.0701 e. The molecule has 0 bridgehead atoms. The Morgan fingerprint density at radius 1 is 0.114 bits per heavy atom. The van der Waals surface area contributed by atoms with Crippen molar-refractivity contribution in [1.82, 2.24) is 0 Å². The van der Waals surface area contributed by atoms with E-state index in [1.807, 2.05) is 11.8 Å². The van der Waals surface area contributed by atoms with Crippen LogP contribution in [0.3, 0.4) is 0 Å². The molecule has 0 spiro atoms. The van der Waals surface area contributed by atoms with Gasteiger partial charge in [-0.3, -0.25) is 0 Å². The van der Waals surface area contributed by atoms with Crippen molar-refractivity contribution in [3.05, 3.63) is 0 Å². The zero-order valence-corrected chi connectivity index (χ0v) is 115. The number of thioether (sulfide) groups is 1. The summed E-state index contributed by atoms with van der Waals surface area (Å²) in [5, 5.41) is 0. The van der Waals surface area contributed by atoms with Crippen LogP contribution in [0.1, 0.15) is 621 Å². The van der Waals surface area contributed by atoms with Crippen LogP contribution in [0.2, 0.25) is 0 Å². The normalized spacial score (nSPS) is 15.5. The van der Waals surface area contributed by atoms with Gasteiger partial charge in [-0.1, -0.05) is 422 Å². The zero-order chi connectivity index (χ0) is 117. The van der Waals surface area contributed by atoms with Gasteiger partial charge in [-0.05, 0) is 367 Å². The fourth-order valence-electron chi connectivity index (χ4n) is 42.0. The van der Waals surface area contributed by atoms with Gasteiger partial charge in [0.05, 0.1) is 99.1 Å². The fraction of sp³-hybridized carbons (Fsp3) is 1.00. The minimum Gasteiger partial charge on any atom is -0.382 e. The van der Waals surface area contributed by atoms with Crippen molar-refractivity contribution in [2.24, 2.45) is 162 Å². The molecular weight excluding hydrogens is 1840 g/mol. The van der Waals surface area contributed by atoms with Crippen LogP contribution in [-0.4, -0.2) is 118 Å². The van der Waals surface area contributed by atoms with Crippen LogP contribution in [0, 0.1) is 162 Å². The van der Waals surface area contributed by atoms with Crippen LogP contribution in [0.15, 0.2) is 0 Å². The van der Waals surface area contributed by atoms with E-state index in [0.29, 0.717) is 114 Å². The maximum absolute atomic E-state index is 5.91. The molecule has 0 aromatic carbocycles. The number of ether oxygens (including phenoxy) is 8. The standard InChI is InChI=1S/C140H282O8S/c1-111(2,3)82-113(6,7)84-115(10,11)86-117(14,15)88-119(18,19)90-121(22,23)92-123(26,27)94-125(30,31)96-127(34,35)98-129(38,39)100-131(42,43)102-133(46,47)104-135(50,51)106-137(54,55)108-139(58,59)110-140(60,61)109-138(56,57)107-136(52,53)105-134(48,49)103-132(44,45)101-130(40,41)99-128(36,37)97-126(32,33)95-124(28,29)93-122(24,25)91-120(20,21)89-118(16,17)87-116(12,13)85-114(8,9)83-112(4,5)64-63-80-149-81-79-148-78-77-147-76-75-146-74-73-145-72-71-144-70-69-143-68-67-142-66-65-141-62/h63-110H2,1-62H3. The van der Waals surface area contributed by atoms with E-state index >= 15 is 0 Å². The van der Waals surface area contributed by atoms with E-state index in [-0.39, 0.29) is 141 Å². The predicted octanol–water partition coefficient (Wildman–Crippen LogP) is 44.4. The van der Waals surface area contributed by atoms with Gasteiger partial charge in [0.25, 0.3) is 0 Å². The van der Waals surface area contributed by atoms with Crippen LogP contribution >= 0.6 is 11.8 Å². The van der Waals surface area contributed by atoms with E-state index < -0.39 is 0 Å². The van der Waals surface area contributed by atoms with E-state index in [2.05, 4.69) is 422 Å². The smallest absolute Gasteiger partial charge is 0.0701 e. The minimum atomic E-state index is 0.226. The highest BCUT2D eigenvalue weighted by Crippen LogP contribution is 2.62. The van der Waals surface area contributed by atoms with Crippen LogP contribution in [-0.2, 0) is 37.9 Å². The molecule has 0 aromatic rings. The van der Waals surface area contributed by atoms with Crippen LogP contribution in [0.5, 0.6) is 0 Å². The molecule has 0 fully saturated rings. The second kappa shape index (κ2) is 57.0. The average Bonchev–Trinajstić information content (AvgIpc) is 0.787. The zero-order valence-electron chi connectivity index (χ0n) is 115. The lowest BCUT2D eigenvalue weighted by atomic mass is 9.57. The molecule has 0 aliphatic carbocycles. The molecule has 0 rings (SSSR count). The van der Waals surface area contributed by atoms with Crippen molar-refractivity contribution in [2.75, 3.05) is 118 Å². The van der Waals surface area contributed by atoms with E-state index in [9.17, 15) is 0 Å². The summed E-state index contributed by atoms with van der Waals surface area (Å²) >= 11 is 2.02. The van der Waals surface area contributed by atoms with Crippen LogP contribution in [0.4, 0.5) is 0 Å². The molecule has 0 aliphatic heterocycles. The molecule has 0 unspecified atom stereocenters. The van der Waals surface area contributed by atoms with Gasteiger partial charge in [-0.15, -0.1) is 0 Å². The fourth-order valence-corrected chi connectivity index (χ4v) is 42.8. The average molecular weight is 2130 g/mol. The Balaban J connectivity index is 5.62. The maximum atomic E-state index is 5.91. The first-order valence-electron chi connectivity index (χ1n) is 61.7. The van der Waals surface area contributed by atoms with Gasteiger partial charge in [-0.2, -0.15) is 11.8 Å². The van der Waals surface area contributed by atoms with Crippen LogP contribution in [0.25, 0.3) is 0 Å². The summed E-state index contributed by atoms with van der Waals surface area (Å²) in [5.74, 6) is 2.21. The van der Waals surface area contributed by atoms with E-state index in [1.165, 1.54) is 205 Å². The molecular formula is C140H282O8S. The van der Waals surface area contributed by atoms with Crippen molar-refractivity contribution in [1.29, 1.82) is 0 Å². The quantitative estimate of drug-likeness (QED) is 0.0554. The largest absolute Gasteiger partial charge is 0.382 e. The van der Waals surface area contributed by atoms with Crippen LogP contribution < -0.4 is 0 Å². The SMILES string of the molecule is COCCOCCOCCOCCOCCOCCOCCOCCSCCCC(C)(C)CC(C)(C)CC(C)(C)CC(C)(C)CC(C)(C)CC(C)(C)CC(C)(C)CC(C)(C)CC(C)(C)CC(C)(C)CC(C)(C)CC(C)(C)CC(C)(C)CC(C)(C)CC(C)(C)CC(C)(C)CC(C)(C)CC(C)(C)CC(C)(C)CC(C)(C)CC(C)(C)CC(C)(C)CC(C)(C)CC(C)(C)CC(C)(C)CC(C)(C)CC(C)(C)CC(C)(C)CC(C)(C)CC(C)(C)C. The van der Waals surface area contributed by atoms with Gasteiger partial charge < -0.3 is 37.9 Å². The number of hydrogen-bond donors (Lipinski definition) is 0. The number of methoxy groups -OCH3 is 1. The molecule has 0 saturated heterocycles. The van der Waals surface area contributed by atoms with Crippen molar-refractivity contribution in [3.63, 3.8) is 0 Å². The first-order chi connectivity index (χ1) is 65.6. The molecule has 149 heavy (non-hydrogen) atoms. The lowest BCUT2D eigenvalue weighted by Crippen LogP contribution is -2.37. The molecule has 0 heterocycles. The van der Waals surface area contributed by atoms with Gasteiger partial charge in [0.15, 0.2) is 0 Å². The molecule has 0 aliphatic rings. The molecule has 0 amide bonds. The molecule has 0 saturated carbocycles. The lowest BCUT2D eigenvalue weighted by Gasteiger charge is -2.48. The third-order valence-corrected chi connectivity index (χ3v) is 33.0. The molecule has 0 radical (unpaired) electrons. The van der Waals surface area contributed by atoms with E-state index in [4.69, 9.17) is 37.9 Å². The summed E-state index contributed by atoms with van der Waals surface area (Å²) in [5.41, 5.74) is 7.50. The number of hydrogen-bond acceptors (Lipinski definition) is 9. The highest BCUT2D eigenvalue weighted by Gasteiger charge is 2.51. The molecule has 8 nitrogen and oxygen atoms in total. The van der Waals surface area contributed by atoms with Gasteiger partial charge >= 0.3 is 0 Å². The van der Waals surface area contributed by atoms with Gasteiger partial charge in [-0.25, -0.2) is 0 Å². The summed E-state index contributed by atoms with van der Waals surface area (Å²) < 4.78 is 44.3. The number of rotatable bonds is 85. The Morgan fingerprint density at radius 2 is 0.215 bits per heavy atom. The van der Waals surface area contributed by atoms with E-state index in [0.717, 1.165) is 12.4 Å². The molecule has 0 atom stereocenters. The van der Waals surface area contributed by atoms with Crippen molar-refractivity contribution in [3.8, 4) is 0 Å². The first-order valence-corrected chi connectivity index (χ1v) is 62.8. The monoisotopic (exact) mass is 2120 g/mol. The minimum absolute atomic E-state index is 0.226. The topological polar surface area (TPSA) is 73.8 Å². The summed E-state index contributed by atoms with van der Waals surface area (Å²) in [6, 6.07) is 0. The summed E-state index contributed by atoms with van der Waals surface area (Å²) in [4.78, 5) is 0. The summed E-state index contributed by atoms with van der Waals surface area (Å²) in [6.45, 7) is 167. The highest BCUT2D eigenvalue weighted by molar-refractivity contribution is 7.99. The second-order valence-electron chi connectivity index (χ2n) is 76.4. The van der Waals surface area contributed by atoms with Crippen molar-refractivity contribution < 1.29 is 37.9 Å². The third-order valence-electron chi connectivity index (χ3n) is 32.0. The summed E-state index contributed by atoms with van der Waals surface area (Å²) in [6.07, 6.45) is 38.9. The Hall–Kier alpha value is 0.0300. The van der Waals surface area contributed by atoms with Gasteiger partial charge in [0, 0.05) is 12.9 Å². The predicted molar refractivity (Wildman–Crippen MR) is 667 cm³/mol. The van der Waals surface area contributed by atoms with Gasteiger partial charge in [0.1, 0.15) is 0 Å². The summed E-state index contributed by atoms with van der Waals surface area (Å²) in [7, 11) is 1.67. The Kier molecular flexibility index (Phi) is 57.0. The van der Waals surface area contributed by atoms with Crippen molar-refractivity contribution in [2.45, 2.75) is 621 Å². The first kappa shape index (κ1) is 149. The second-order valence-corrected chi connectivity index (χ2v) is 77.7.